The van der Waals surface area contributed by atoms with Crippen molar-refractivity contribution >= 4 is 0 Å². The molecule has 9 heteroatoms. The average molecular weight is 274 g/mol. The fraction of sp³-hybridized carbons (Fsp3) is 0.375. The van der Waals surface area contributed by atoms with Crippen molar-refractivity contribution in [2.24, 2.45) is 0 Å². The van der Waals surface area contributed by atoms with Gasteiger partial charge in [-0.2, -0.15) is 26.3 Å². The molecule has 0 bridgehead atoms. The van der Waals surface area contributed by atoms with Gasteiger partial charge < -0.3 is 0 Å². The molecule has 0 aliphatic rings. The number of halogens is 9. The van der Waals surface area contributed by atoms with Crippen LogP contribution < -0.4 is 0 Å². The van der Waals surface area contributed by atoms with Crippen LogP contribution in [0.5, 0.6) is 0 Å². The molecule has 0 atom stereocenters. The van der Waals surface area contributed by atoms with E-state index in [0.717, 1.165) is 0 Å². The Balaban J connectivity index is -0.000000193. The normalized spacial score (nSPS) is 9.29. The number of allylic oxidation sites excluding steroid dienone is 1. The first-order valence-corrected chi connectivity index (χ1v) is 3.44. The lowest BCUT2D eigenvalue weighted by atomic mass is 10.6. The summed E-state index contributed by atoms with van der Waals surface area (Å²) in [4.78, 5) is 0. The zero-order valence-electron chi connectivity index (χ0n) is 8.10. The van der Waals surface area contributed by atoms with E-state index >= 15 is 0 Å². The van der Waals surface area contributed by atoms with Gasteiger partial charge >= 0.3 is 12.3 Å². The van der Waals surface area contributed by atoms with E-state index in [-0.39, 0.29) is 0 Å². The van der Waals surface area contributed by atoms with Gasteiger partial charge in [0, 0.05) is 0 Å². The van der Waals surface area contributed by atoms with Crippen molar-refractivity contribution < 1.29 is 39.5 Å². The number of alkyl halides is 6. The Morgan fingerprint density at radius 2 is 1.29 bits per heavy atom. The predicted octanol–water partition coefficient (Wildman–Crippen LogP) is 4.80. The molecule has 0 radical (unpaired) electrons. The van der Waals surface area contributed by atoms with Gasteiger partial charge in [-0.05, 0) is 0 Å². The van der Waals surface area contributed by atoms with Crippen LogP contribution in [0.4, 0.5) is 39.5 Å². The highest BCUT2D eigenvalue weighted by Crippen LogP contribution is 2.16. The largest absolute Gasteiger partial charge is 0.416 e. The zero-order chi connectivity index (χ0) is 14.6. The van der Waals surface area contributed by atoms with Gasteiger partial charge in [0.15, 0.2) is 6.67 Å². The number of rotatable bonds is 1. The zero-order valence-corrected chi connectivity index (χ0v) is 8.10. The quantitative estimate of drug-likeness (QED) is 0.475. The summed E-state index contributed by atoms with van der Waals surface area (Å²) < 4.78 is 95.6. The average Bonchev–Trinajstić information content (AvgIpc) is 2.17. The molecule has 0 nitrogen and oxygen atoms in total. The van der Waals surface area contributed by atoms with Gasteiger partial charge in [-0.15, -0.1) is 5.73 Å². The molecule has 0 aromatic carbocycles. The van der Waals surface area contributed by atoms with Crippen LogP contribution in [-0.4, -0.2) is 19.3 Å². The Kier molecular flexibility index (Phi) is 13.7. The van der Waals surface area contributed by atoms with Crippen LogP contribution in [0.15, 0.2) is 30.8 Å². The first kappa shape index (κ1) is 21.0. The smallest absolute Gasteiger partial charge is 0.241 e. The maximum absolute atomic E-state index is 11.0. The van der Waals surface area contributed by atoms with Crippen molar-refractivity contribution in [1.29, 1.82) is 0 Å². The Bertz CT molecular complexity index is 240. The first-order chi connectivity index (χ1) is 7.53. The molecule has 0 aromatic heterocycles. The van der Waals surface area contributed by atoms with Crippen molar-refractivity contribution in [3.05, 3.63) is 30.8 Å². The lowest BCUT2D eigenvalue weighted by Crippen LogP contribution is -2.08. The van der Waals surface area contributed by atoms with E-state index in [4.69, 9.17) is 0 Å². The van der Waals surface area contributed by atoms with E-state index in [1.54, 1.807) is 0 Å². The van der Waals surface area contributed by atoms with E-state index in [2.05, 4.69) is 18.9 Å². The fourth-order valence-corrected chi connectivity index (χ4v) is 0.0825. The minimum atomic E-state index is -4.62. The van der Waals surface area contributed by atoms with E-state index in [1.807, 2.05) is 0 Å². The highest BCUT2D eigenvalue weighted by atomic mass is 19.4. The van der Waals surface area contributed by atoms with Crippen molar-refractivity contribution in [3.63, 3.8) is 0 Å². The predicted molar refractivity (Wildman–Crippen MR) is 43.2 cm³/mol. The molecule has 17 heavy (non-hydrogen) atoms. The Labute approximate surface area is 90.7 Å². The fourth-order valence-electron chi connectivity index (χ4n) is 0.0825. The van der Waals surface area contributed by atoms with Crippen LogP contribution in [0, 0.1) is 0 Å². The monoisotopic (exact) mass is 274 g/mol. The van der Waals surface area contributed by atoms with Gasteiger partial charge in [-0.1, -0.05) is 13.2 Å². The molecular formula is C8H7F9. The second kappa shape index (κ2) is 11.1. The summed E-state index contributed by atoms with van der Waals surface area (Å²) in [5.41, 5.74) is 2.25. The summed E-state index contributed by atoms with van der Waals surface area (Å²) in [6, 6.07) is 0. The molecular weight excluding hydrogens is 267 g/mol. The van der Waals surface area contributed by atoms with Gasteiger partial charge in [0.1, 0.15) is 0 Å². The van der Waals surface area contributed by atoms with Crippen molar-refractivity contribution in [1.82, 2.24) is 0 Å². The molecule has 0 amide bonds. The van der Waals surface area contributed by atoms with Crippen LogP contribution in [-0.2, 0) is 0 Å². The van der Waals surface area contributed by atoms with E-state index in [1.165, 1.54) is 0 Å². The van der Waals surface area contributed by atoms with Gasteiger partial charge in [0.05, 0.1) is 0 Å². The third kappa shape index (κ3) is 25.2. The van der Waals surface area contributed by atoms with Crippen LogP contribution in [0.2, 0.25) is 0 Å². The van der Waals surface area contributed by atoms with Crippen LogP contribution in [0.3, 0.4) is 0 Å². The van der Waals surface area contributed by atoms with Crippen molar-refractivity contribution in [2.75, 3.05) is 6.67 Å². The molecule has 0 heterocycles. The van der Waals surface area contributed by atoms with E-state index < -0.39 is 31.2 Å². The van der Waals surface area contributed by atoms with Gasteiger partial charge in [-0.3, -0.25) is 0 Å². The highest BCUT2D eigenvalue weighted by Gasteiger charge is 2.26. The Morgan fingerprint density at radius 1 is 1.06 bits per heavy atom. The number of hydrogen-bond acceptors (Lipinski definition) is 0. The molecule has 0 N–H and O–H groups in total. The SMILES string of the molecule is C=C=C.FC(F)=C(F)C(F)F.FCC(F)(F)F. The second-order valence-electron chi connectivity index (χ2n) is 1.91. The van der Waals surface area contributed by atoms with Gasteiger partial charge in [0.2, 0.25) is 5.83 Å². The summed E-state index contributed by atoms with van der Waals surface area (Å²) in [6.07, 6.45) is -11.3. The minimum absolute atomic E-state index is 2.23. The third-order valence-corrected chi connectivity index (χ3v) is 0.524. The maximum Gasteiger partial charge on any atom is 0.416 e. The molecule has 0 saturated heterocycles. The first-order valence-electron chi connectivity index (χ1n) is 3.44. The molecule has 0 rings (SSSR count). The van der Waals surface area contributed by atoms with E-state index in [0.29, 0.717) is 0 Å². The molecule has 0 aliphatic carbocycles. The molecule has 102 valence electrons. The molecule has 0 spiro atoms. The summed E-state index contributed by atoms with van der Waals surface area (Å²) in [6.45, 7) is 4.02. The van der Waals surface area contributed by atoms with Crippen LogP contribution >= 0.6 is 0 Å². The van der Waals surface area contributed by atoms with Crippen LogP contribution in [0.25, 0.3) is 0 Å². The third-order valence-electron chi connectivity index (χ3n) is 0.524. The lowest BCUT2D eigenvalue weighted by molar-refractivity contribution is -0.142. The molecule has 0 aromatic rings. The van der Waals surface area contributed by atoms with Gasteiger partial charge in [-0.25, -0.2) is 13.2 Å². The van der Waals surface area contributed by atoms with Crippen molar-refractivity contribution in [2.45, 2.75) is 12.6 Å². The van der Waals surface area contributed by atoms with Gasteiger partial charge in [0.25, 0.3) is 6.43 Å². The van der Waals surface area contributed by atoms with E-state index in [9.17, 15) is 39.5 Å². The standard InChI is InChI=1S/C3HF5.C3H4.C2H2F4/c4-1(2(5)6)3(7)8;1-3-2;3-1-2(4,5)6/h2H;1-2H2;1H2. The second-order valence-corrected chi connectivity index (χ2v) is 1.91. The number of hydrogen-bond donors (Lipinski definition) is 0. The summed E-state index contributed by atoms with van der Waals surface area (Å²) in [7, 11) is 0. The topological polar surface area (TPSA) is 0 Å². The molecule has 0 saturated carbocycles. The molecule has 0 fully saturated rings. The van der Waals surface area contributed by atoms with Crippen LogP contribution in [0.1, 0.15) is 0 Å². The Hall–Kier alpha value is -1.37. The highest BCUT2D eigenvalue weighted by molar-refractivity contribution is 4.93. The molecule has 0 aliphatic heterocycles. The van der Waals surface area contributed by atoms with Crippen molar-refractivity contribution in [3.8, 4) is 0 Å². The summed E-state index contributed by atoms with van der Waals surface area (Å²) >= 11 is 0. The Morgan fingerprint density at radius 3 is 1.29 bits per heavy atom. The summed E-state index contributed by atoms with van der Waals surface area (Å²) in [5, 5.41) is 0. The lowest BCUT2D eigenvalue weighted by Gasteiger charge is -1.93. The minimum Gasteiger partial charge on any atom is -0.241 e. The maximum atomic E-state index is 11.0. The molecule has 0 unspecified atom stereocenters. The summed E-state index contributed by atoms with van der Waals surface area (Å²) in [5.74, 6) is -2.65.